The van der Waals surface area contributed by atoms with Crippen molar-refractivity contribution in [1.82, 2.24) is 0 Å². The first kappa shape index (κ1) is 13.6. The van der Waals surface area contributed by atoms with Crippen molar-refractivity contribution < 1.29 is 19.0 Å². The third kappa shape index (κ3) is 2.73. The molecule has 0 bridgehead atoms. The second-order valence-electron chi connectivity index (χ2n) is 4.89. The number of hydrogen-bond donors (Lipinski definition) is 2. The molecule has 1 atom stereocenters. The van der Waals surface area contributed by atoms with Crippen LogP contribution in [0.1, 0.15) is 11.1 Å². The summed E-state index contributed by atoms with van der Waals surface area (Å²) in [5.74, 6) is -0.632. The number of carbonyl (C=O) groups is 1. The van der Waals surface area contributed by atoms with E-state index in [-0.39, 0.29) is 18.3 Å². The van der Waals surface area contributed by atoms with Crippen LogP contribution in [0.5, 0.6) is 5.75 Å². The first-order valence-corrected chi connectivity index (χ1v) is 6.62. The molecule has 0 fully saturated rings. The lowest BCUT2D eigenvalue weighted by atomic mass is 10.1. The Bertz CT molecular complexity index is 687. The molecular formula is C16H14FNO3. The van der Waals surface area contributed by atoms with Gasteiger partial charge in [-0.3, -0.25) is 4.79 Å². The molecule has 1 unspecified atom stereocenters. The zero-order valence-corrected chi connectivity index (χ0v) is 11.2. The highest BCUT2D eigenvalue weighted by molar-refractivity contribution is 5.95. The van der Waals surface area contributed by atoms with Gasteiger partial charge in [0.2, 0.25) is 0 Å². The number of rotatable bonds is 3. The van der Waals surface area contributed by atoms with Crippen molar-refractivity contribution in [3.8, 4) is 5.75 Å². The summed E-state index contributed by atoms with van der Waals surface area (Å²) in [6.07, 6.45) is -0.395. The number of para-hydroxylation sites is 1. The van der Waals surface area contributed by atoms with Gasteiger partial charge in [0.25, 0.3) is 5.91 Å². The Morgan fingerprint density at radius 1 is 1.33 bits per heavy atom. The summed E-state index contributed by atoms with van der Waals surface area (Å²) in [6, 6.07) is 11.6. The quantitative estimate of drug-likeness (QED) is 0.910. The van der Waals surface area contributed by atoms with E-state index in [1.54, 1.807) is 36.4 Å². The van der Waals surface area contributed by atoms with E-state index in [2.05, 4.69) is 5.32 Å². The van der Waals surface area contributed by atoms with E-state index in [0.29, 0.717) is 23.2 Å². The smallest absolute Gasteiger partial charge is 0.265 e. The van der Waals surface area contributed by atoms with Crippen LogP contribution >= 0.6 is 0 Å². The molecule has 1 aliphatic rings. The molecule has 5 heteroatoms. The van der Waals surface area contributed by atoms with Crippen molar-refractivity contribution in [2.45, 2.75) is 19.1 Å². The van der Waals surface area contributed by atoms with Gasteiger partial charge in [-0.05, 0) is 23.8 Å². The second kappa shape index (κ2) is 5.54. The summed E-state index contributed by atoms with van der Waals surface area (Å²) < 4.78 is 19.0. The van der Waals surface area contributed by atoms with Gasteiger partial charge in [-0.25, -0.2) is 4.39 Å². The lowest BCUT2D eigenvalue weighted by molar-refractivity contribution is -0.122. The average Bonchev–Trinajstić information content (AvgIpc) is 2.93. The van der Waals surface area contributed by atoms with Gasteiger partial charge in [-0.2, -0.15) is 0 Å². The van der Waals surface area contributed by atoms with Gasteiger partial charge in [-0.15, -0.1) is 0 Å². The lowest BCUT2D eigenvalue weighted by Gasteiger charge is -2.12. The third-order valence-corrected chi connectivity index (χ3v) is 3.38. The summed E-state index contributed by atoms with van der Waals surface area (Å²) >= 11 is 0. The predicted octanol–water partition coefficient (Wildman–Crippen LogP) is 2.26. The summed E-state index contributed by atoms with van der Waals surface area (Å²) in [6.45, 7) is -0.0969. The number of aliphatic hydroxyl groups is 1. The third-order valence-electron chi connectivity index (χ3n) is 3.38. The number of nitrogens with one attached hydrogen (secondary N) is 1. The van der Waals surface area contributed by atoms with E-state index in [4.69, 9.17) is 9.84 Å². The maximum Gasteiger partial charge on any atom is 0.265 e. The first-order chi connectivity index (χ1) is 10.2. The van der Waals surface area contributed by atoms with Crippen LogP contribution in [0.3, 0.4) is 0 Å². The molecule has 21 heavy (non-hydrogen) atoms. The maximum absolute atomic E-state index is 13.6. The lowest BCUT2D eigenvalue weighted by Crippen LogP contribution is -2.31. The van der Waals surface area contributed by atoms with Crippen molar-refractivity contribution in [2.24, 2.45) is 0 Å². The van der Waals surface area contributed by atoms with Crippen molar-refractivity contribution in [3.63, 3.8) is 0 Å². The number of aliphatic hydroxyl groups excluding tert-OH is 1. The van der Waals surface area contributed by atoms with Gasteiger partial charge < -0.3 is 15.2 Å². The largest absolute Gasteiger partial charge is 0.477 e. The van der Waals surface area contributed by atoms with Gasteiger partial charge in [0.05, 0.1) is 6.61 Å². The van der Waals surface area contributed by atoms with Crippen LogP contribution in [0, 0.1) is 5.82 Å². The van der Waals surface area contributed by atoms with E-state index >= 15 is 0 Å². The normalized spacial score (nSPS) is 16.2. The van der Waals surface area contributed by atoms with Gasteiger partial charge in [0.15, 0.2) is 17.7 Å². The second-order valence-corrected chi connectivity index (χ2v) is 4.89. The fraction of sp³-hybridized carbons (Fsp3) is 0.188. The molecule has 0 saturated carbocycles. The number of benzene rings is 2. The Labute approximate surface area is 121 Å². The summed E-state index contributed by atoms with van der Waals surface area (Å²) in [4.78, 5) is 12.2. The van der Waals surface area contributed by atoms with E-state index in [1.807, 2.05) is 0 Å². The number of hydrogen-bond acceptors (Lipinski definition) is 3. The molecule has 0 aliphatic carbocycles. The van der Waals surface area contributed by atoms with Crippen molar-refractivity contribution in [2.75, 3.05) is 5.32 Å². The molecular weight excluding hydrogens is 273 g/mol. The van der Waals surface area contributed by atoms with Crippen LogP contribution in [-0.2, 0) is 17.8 Å². The highest BCUT2D eigenvalue weighted by atomic mass is 19.1. The SMILES string of the molecule is O=C(Nc1cccc(CO)c1)C1Cc2cccc(F)c2O1. The molecule has 1 heterocycles. The molecule has 0 aromatic heterocycles. The number of carbonyl (C=O) groups excluding carboxylic acids is 1. The number of ether oxygens (including phenoxy) is 1. The summed E-state index contributed by atoms with van der Waals surface area (Å²) in [7, 11) is 0. The fourth-order valence-corrected chi connectivity index (χ4v) is 2.35. The van der Waals surface area contributed by atoms with Gasteiger partial charge in [-0.1, -0.05) is 24.3 Å². The minimum atomic E-state index is -0.741. The molecule has 108 valence electrons. The van der Waals surface area contributed by atoms with Gasteiger partial charge in [0, 0.05) is 17.7 Å². The van der Waals surface area contributed by atoms with E-state index in [1.165, 1.54) is 6.07 Å². The van der Waals surface area contributed by atoms with E-state index < -0.39 is 11.9 Å². The molecule has 0 spiro atoms. The van der Waals surface area contributed by atoms with Crippen LogP contribution in [0.25, 0.3) is 0 Å². The molecule has 2 N–H and O–H groups in total. The van der Waals surface area contributed by atoms with Crippen LogP contribution in [0.4, 0.5) is 10.1 Å². The molecule has 2 aromatic carbocycles. The number of fused-ring (bicyclic) bond motifs is 1. The highest BCUT2D eigenvalue weighted by Gasteiger charge is 2.31. The van der Waals surface area contributed by atoms with Crippen LogP contribution in [-0.4, -0.2) is 17.1 Å². The summed E-state index contributed by atoms with van der Waals surface area (Å²) in [5.41, 5.74) is 1.97. The number of halogens is 1. The zero-order chi connectivity index (χ0) is 14.8. The Hall–Kier alpha value is -2.40. The minimum Gasteiger partial charge on any atom is -0.477 e. The monoisotopic (exact) mass is 287 g/mol. The Kier molecular flexibility index (Phi) is 3.58. The zero-order valence-electron chi connectivity index (χ0n) is 11.2. The van der Waals surface area contributed by atoms with Gasteiger partial charge >= 0.3 is 0 Å². The molecule has 0 saturated heterocycles. The average molecular weight is 287 g/mol. The predicted molar refractivity (Wildman–Crippen MR) is 75.5 cm³/mol. The van der Waals surface area contributed by atoms with Crippen molar-refractivity contribution >= 4 is 11.6 Å². The van der Waals surface area contributed by atoms with Crippen LogP contribution < -0.4 is 10.1 Å². The fourth-order valence-electron chi connectivity index (χ4n) is 2.35. The molecule has 3 rings (SSSR count). The first-order valence-electron chi connectivity index (χ1n) is 6.62. The molecule has 0 radical (unpaired) electrons. The number of anilines is 1. The van der Waals surface area contributed by atoms with Crippen molar-refractivity contribution in [3.05, 3.63) is 59.4 Å². The Morgan fingerprint density at radius 3 is 2.90 bits per heavy atom. The van der Waals surface area contributed by atoms with Gasteiger partial charge in [0.1, 0.15) is 0 Å². The standard InChI is InChI=1S/C16H14FNO3/c17-13-6-2-4-11-8-14(21-15(11)13)16(20)18-12-5-1-3-10(7-12)9-19/h1-7,14,19H,8-9H2,(H,18,20). The van der Waals surface area contributed by atoms with Crippen molar-refractivity contribution in [1.29, 1.82) is 0 Å². The van der Waals surface area contributed by atoms with E-state index in [0.717, 1.165) is 0 Å². The Balaban J connectivity index is 1.72. The molecule has 1 amide bonds. The van der Waals surface area contributed by atoms with E-state index in [9.17, 15) is 9.18 Å². The number of amides is 1. The topological polar surface area (TPSA) is 58.6 Å². The van der Waals surface area contributed by atoms with Crippen LogP contribution in [0.15, 0.2) is 42.5 Å². The molecule has 4 nitrogen and oxygen atoms in total. The maximum atomic E-state index is 13.6. The van der Waals surface area contributed by atoms with Crippen LogP contribution in [0.2, 0.25) is 0 Å². The molecule has 1 aliphatic heterocycles. The minimum absolute atomic E-state index is 0.0969. The summed E-state index contributed by atoms with van der Waals surface area (Å²) in [5, 5.41) is 11.8. The Morgan fingerprint density at radius 2 is 2.14 bits per heavy atom. The molecule has 2 aromatic rings. The highest BCUT2D eigenvalue weighted by Crippen LogP contribution is 2.31.